The molecule has 0 amide bonds. The molecular weight excluding hydrogens is 114 g/mol. The van der Waals surface area contributed by atoms with Crippen LogP contribution in [0.1, 0.15) is 0 Å². The Kier molecular flexibility index (Phi) is 2510. The minimum absolute atomic E-state index is 0. The SMILES string of the molecule is [Co+2].[Li+].[OH-].[OH-].[OH-]. The molecule has 0 aromatic rings. The Morgan fingerprint density at radius 2 is 0.600 bits per heavy atom. The van der Waals surface area contributed by atoms with E-state index in [1.165, 1.54) is 0 Å². The first-order chi connectivity index (χ1) is 0. The molecule has 0 bridgehead atoms. The van der Waals surface area contributed by atoms with E-state index >= 15 is 0 Å². The first-order valence-electron chi connectivity index (χ1n) is 0. The fourth-order valence-electron chi connectivity index (χ4n) is 0. The van der Waals surface area contributed by atoms with Crippen LogP contribution in [0.25, 0.3) is 0 Å². The molecule has 0 aliphatic carbocycles. The van der Waals surface area contributed by atoms with Crippen molar-refractivity contribution in [1.29, 1.82) is 0 Å². The number of hydrogen-bond donors (Lipinski definition) is 0. The van der Waals surface area contributed by atoms with Gasteiger partial charge in [-0.3, -0.25) is 0 Å². The monoisotopic (exact) mass is 117 g/mol. The molecule has 0 saturated heterocycles. The average Bonchev–Trinajstić information content (AvgIpc) is 0. The van der Waals surface area contributed by atoms with Crippen LogP contribution in [-0.2, 0) is 16.8 Å². The molecule has 31 valence electrons. The smallest absolute Gasteiger partial charge is 0.870 e. The molecule has 0 saturated carbocycles. The molecule has 0 spiro atoms. The van der Waals surface area contributed by atoms with Gasteiger partial charge in [0.25, 0.3) is 0 Å². The van der Waals surface area contributed by atoms with Gasteiger partial charge in [-0.15, -0.1) is 0 Å². The van der Waals surface area contributed by atoms with Crippen molar-refractivity contribution in [1.82, 2.24) is 0 Å². The second-order valence-corrected chi connectivity index (χ2v) is 0. The molecule has 0 heterocycles. The molecule has 0 rings (SSSR count). The van der Waals surface area contributed by atoms with Gasteiger partial charge < -0.3 is 16.4 Å². The van der Waals surface area contributed by atoms with Gasteiger partial charge in [0.05, 0.1) is 0 Å². The molecular formula is H3CoLiO3. The molecule has 0 aliphatic heterocycles. The summed E-state index contributed by atoms with van der Waals surface area (Å²) in [6.07, 6.45) is 0. The predicted molar refractivity (Wildman–Crippen MR) is 5.81 cm³/mol. The summed E-state index contributed by atoms with van der Waals surface area (Å²) in [7, 11) is 0. The Balaban J connectivity index is 0. The van der Waals surface area contributed by atoms with Gasteiger partial charge in [-0.25, -0.2) is 0 Å². The predicted octanol–water partition coefficient (Wildman–Crippen LogP) is -3.53. The summed E-state index contributed by atoms with van der Waals surface area (Å²) >= 11 is 0. The molecule has 3 nitrogen and oxygen atoms in total. The Morgan fingerprint density at radius 1 is 0.600 bits per heavy atom. The second kappa shape index (κ2) is 81.7. The van der Waals surface area contributed by atoms with Gasteiger partial charge in [0.1, 0.15) is 0 Å². The van der Waals surface area contributed by atoms with Gasteiger partial charge in [0.15, 0.2) is 0 Å². The summed E-state index contributed by atoms with van der Waals surface area (Å²) in [6.45, 7) is 0. The van der Waals surface area contributed by atoms with E-state index in [9.17, 15) is 0 Å². The second-order valence-electron chi connectivity index (χ2n) is 0. The first-order valence-corrected chi connectivity index (χ1v) is 0. The van der Waals surface area contributed by atoms with E-state index in [1.807, 2.05) is 0 Å². The molecule has 0 unspecified atom stereocenters. The summed E-state index contributed by atoms with van der Waals surface area (Å²) in [4.78, 5) is 0. The summed E-state index contributed by atoms with van der Waals surface area (Å²) < 4.78 is 0. The van der Waals surface area contributed by atoms with Crippen molar-refractivity contribution >= 4 is 0 Å². The standard InChI is InChI=1S/Co.Li.3H2O/h;;3*1H2/q+2;+1;;;/p-3. The molecule has 5 heteroatoms. The van der Waals surface area contributed by atoms with E-state index in [0.717, 1.165) is 0 Å². The van der Waals surface area contributed by atoms with Crippen LogP contribution in [-0.4, -0.2) is 16.4 Å². The molecule has 3 N–H and O–H groups in total. The van der Waals surface area contributed by atoms with E-state index in [4.69, 9.17) is 0 Å². The molecule has 5 heavy (non-hydrogen) atoms. The van der Waals surface area contributed by atoms with Crippen LogP contribution < -0.4 is 18.9 Å². The van der Waals surface area contributed by atoms with Gasteiger partial charge in [-0.2, -0.15) is 0 Å². The zero-order chi connectivity index (χ0) is 0. The van der Waals surface area contributed by atoms with Crippen molar-refractivity contribution in [3.63, 3.8) is 0 Å². The largest absolute Gasteiger partial charge is 2.00 e. The quantitative estimate of drug-likeness (QED) is 0.308. The van der Waals surface area contributed by atoms with Crippen LogP contribution in [0, 0.1) is 0 Å². The van der Waals surface area contributed by atoms with Crippen LogP contribution in [0.2, 0.25) is 0 Å². The van der Waals surface area contributed by atoms with Gasteiger partial charge in [-0.1, -0.05) is 0 Å². The van der Waals surface area contributed by atoms with Gasteiger partial charge >= 0.3 is 35.6 Å². The summed E-state index contributed by atoms with van der Waals surface area (Å²) in [5, 5.41) is 0. The van der Waals surface area contributed by atoms with Gasteiger partial charge in [0.2, 0.25) is 0 Å². The molecule has 0 aromatic heterocycles. The molecule has 0 aromatic carbocycles. The van der Waals surface area contributed by atoms with E-state index in [0.29, 0.717) is 0 Å². The number of hydrogen-bond acceptors (Lipinski definition) is 3. The summed E-state index contributed by atoms with van der Waals surface area (Å²) in [5.41, 5.74) is 0. The van der Waals surface area contributed by atoms with Crippen LogP contribution >= 0.6 is 0 Å². The fraction of sp³-hybridized carbons (Fsp3) is 0. The summed E-state index contributed by atoms with van der Waals surface area (Å²) in [6, 6.07) is 0. The summed E-state index contributed by atoms with van der Waals surface area (Å²) in [5.74, 6) is 0. The van der Waals surface area contributed by atoms with Crippen molar-refractivity contribution in [2.24, 2.45) is 0 Å². The van der Waals surface area contributed by atoms with E-state index in [2.05, 4.69) is 0 Å². The number of rotatable bonds is 0. The van der Waals surface area contributed by atoms with Crippen LogP contribution in [0.4, 0.5) is 0 Å². The maximum absolute atomic E-state index is 0. The van der Waals surface area contributed by atoms with Crippen LogP contribution in [0.3, 0.4) is 0 Å². The first kappa shape index (κ1) is 154. The minimum Gasteiger partial charge on any atom is -0.870 e. The third kappa shape index (κ3) is 45.8. The zero-order valence-corrected chi connectivity index (χ0v) is 3.72. The van der Waals surface area contributed by atoms with E-state index < -0.39 is 0 Å². The third-order valence-corrected chi connectivity index (χ3v) is 0. The maximum atomic E-state index is 0. The van der Waals surface area contributed by atoms with Crippen LogP contribution in [0.15, 0.2) is 0 Å². The van der Waals surface area contributed by atoms with Crippen molar-refractivity contribution < 1.29 is 52.1 Å². The molecule has 0 fully saturated rings. The zero-order valence-electron chi connectivity index (χ0n) is 2.67. The van der Waals surface area contributed by atoms with Gasteiger partial charge in [0, 0.05) is 0 Å². The van der Waals surface area contributed by atoms with Crippen molar-refractivity contribution in [2.45, 2.75) is 0 Å². The molecule has 1 radical (unpaired) electrons. The van der Waals surface area contributed by atoms with E-state index in [-0.39, 0.29) is 52.1 Å². The Bertz CT molecular complexity index is 6.85. The van der Waals surface area contributed by atoms with E-state index in [1.54, 1.807) is 0 Å². The Hall–Kier alpha value is 0.984. The van der Waals surface area contributed by atoms with Gasteiger partial charge in [-0.05, 0) is 0 Å². The topological polar surface area (TPSA) is 90.0 Å². The molecule has 0 atom stereocenters. The molecule has 0 aliphatic rings. The van der Waals surface area contributed by atoms with Crippen LogP contribution in [0.5, 0.6) is 0 Å². The Morgan fingerprint density at radius 3 is 0.600 bits per heavy atom. The van der Waals surface area contributed by atoms with Crippen molar-refractivity contribution in [3.8, 4) is 0 Å². The third-order valence-electron chi connectivity index (χ3n) is 0. The van der Waals surface area contributed by atoms with Crippen molar-refractivity contribution in [3.05, 3.63) is 0 Å². The maximum Gasteiger partial charge on any atom is 2.00 e. The van der Waals surface area contributed by atoms with Crippen molar-refractivity contribution in [2.75, 3.05) is 0 Å². The average molecular weight is 117 g/mol. The fourth-order valence-corrected chi connectivity index (χ4v) is 0. The Labute approximate surface area is 52.4 Å². The normalized spacial score (nSPS) is 0. The minimum atomic E-state index is 0.